The van der Waals surface area contributed by atoms with E-state index in [1.807, 2.05) is 18.7 Å². The topological polar surface area (TPSA) is 96.7 Å². The molecule has 1 rings (SSSR count). The van der Waals surface area contributed by atoms with Gasteiger partial charge in [-0.05, 0) is 12.8 Å². The first-order valence-electron chi connectivity index (χ1n) is 7.18. The van der Waals surface area contributed by atoms with Crippen LogP contribution in [0, 0.1) is 11.8 Å². The molecule has 1 aromatic rings. The number of rotatable bonds is 7. The van der Waals surface area contributed by atoms with Crippen LogP contribution in [-0.4, -0.2) is 33.7 Å². The largest absolute Gasteiger partial charge is 0.409 e. The van der Waals surface area contributed by atoms with E-state index in [0.29, 0.717) is 31.4 Å². The van der Waals surface area contributed by atoms with Gasteiger partial charge >= 0.3 is 0 Å². The van der Waals surface area contributed by atoms with Crippen LogP contribution in [0.2, 0.25) is 0 Å². The Labute approximate surface area is 125 Å². The molecule has 118 valence electrons. The fourth-order valence-electron chi connectivity index (χ4n) is 2.08. The Morgan fingerprint density at radius 1 is 1.52 bits per heavy atom. The van der Waals surface area contributed by atoms with Crippen LogP contribution in [0.25, 0.3) is 0 Å². The minimum absolute atomic E-state index is 0.111. The number of hydrogen-bond acceptors (Lipinski definition) is 5. The van der Waals surface area contributed by atoms with Gasteiger partial charge in [-0.15, -0.1) is 0 Å². The van der Waals surface area contributed by atoms with Crippen LogP contribution in [0.15, 0.2) is 22.3 Å². The van der Waals surface area contributed by atoms with Gasteiger partial charge in [0.05, 0.1) is 0 Å². The molecule has 0 aliphatic heterocycles. The highest BCUT2D eigenvalue weighted by atomic mass is 16.4. The van der Waals surface area contributed by atoms with E-state index in [1.165, 1.54) is 0 Å². The molecule has 0 amide bonds. The molecule has 1 aromatic heterocycles. The van der Waals surface area contributed by atoms with Crippen LogP contribution in [0.5, 0.6) is 0 Å². The molecule has 21 heavy (non-hydrogen) atoms. The summed E-state index contributed by atoms with van der Waals surface area (Å²) in [5.41, 5.74) is 5.49. The first-order valence-corrected chi connectivity index (χ1v) is 7.18. The molecule has 0 aromatic carbocycles. The highest BCUT2D eigenvalue weighted by Crippen LogP contribution is 2.08. The van der Waals surface area contributed by atoms with Crippen molar-refractivity contribution < 1.29 is 5.21 Å². The van der Waals surface area contributed by atoms with Gasteiger partial charge in [0.15, 0.2) is 5.82 Å². The van der Waals surface area contributed by atoms with Crippen LogP contribution < -0.4 is 16.2 Å². The van der Waals surface area contributed by atoms with Crippen LogP contribution in [0.3, 0.4) is 0 Å². The maximum absolute atomic E-state index is 12.5. The zero-order chi connectivity index (χ0) is 16.0. The molecular formula is C14H25N5O2. The van der Waals surface area contributed by atoms with Gasteiger partial charge in [0, 0.05) is 37.9 Å². The fourth-order valence-corrected chi connectivity index (χ4v) is 2.08. The lowest BCUT2D eigenvalue weighted by Crippen LogP contribution is -2.39. The lowest BCUT2D eigenvalue weighted by molar-refractivity contribution is 0.314. The Balaban J connectivity index is 3.04. The zero-order valence-corrected chi connectivity index (χ0v) is 13.2. The van der Waals surface area contributed by atoms with Crippen molar-refractivity contribution in [3.8, 4) is 0 Å². The minimum Gasteiger partial charge on any atom is -0.409 e. The average molecular weight is 295 g/mol. The van der Waals surface area contributed by atoms with E-state index in [9.17, 15) is 4.79 Å². The Kier molecular flexibility index (Phi) is 6.20. The summed E-state index contributed by atoms with van der Waals surface area (Å²) in [4.78, 5) is 18.5. The summed E-state index contributed by atoms with van der Waals surface area (Å²) in [6.45, 7) is 9.65. The van der Waals surface area contributed by atoms with E-state index in [2.05, 4.69) is 24.0 Å². The molecule has 0 spiro atoms. The van der Waals surface area contributed by atoms with E-state index in [0.717, 1.165) is 0 Å². The second-order valence-corrected chi connectivity index (χ2v) is 5.57. The van der Waals surface area contributed by atoms with Crippen molar-refractivity contribution in [3.05, 3.63) is 22.7 Å². The molecule has 0 saturated heterocycles. The first-order chi connectivity index (χ1) is 9.90. The molecular weight excluding hydrogens is 270 g/mol. The minimum atomic E-state index is -0.171. The molecule has 0 bridgehead atoms. The number of nitrogens with two attached hydrogens (primary N) is 1. The number of amidine groups is 1. The molecule has 0 aliphatic rings. The number of hydrogen-bond donors (Lipinski definition) is 2. The molecule has 7 nitrogen and oxygen atoms in total. The van der Waals surface area contributed by atoms with Gasteiger partial charge in [-0.2, -0.15) is 0 Å². The zero-order valence-electron chi connectivity index (χ0n) is 13.2. The summed E-state index contributed by atoms with van der Waals surface area (Å²) in [6.07, 6.45) is 3.34. The summed E-state index contributed by atoms with van der Waals surface area (Å²) in [7, 11) is 0. The Morgan fingerprint density at radius 3 is 2.71 bits per heavy atom. The SMILES string of the molecule is CCN(CC(C)C(N)=NO)c1nccn(CC(C)C)c1=O. The summed E-state index contributed by atoms with van der Waals surface area (Å²) in [5.74, 6) is 0.754. The van der Waals surface area contributed by atoms with E-state index >= 15 is 0 Å². The maximum atomic E-state index is 12.5. The number of oxime groups is 1. The van der Waals surface area contributed by atoms with Crippen molar-refractivity contribution in [2.45, 2.75) is 34.2 Å². The monoisotopic (exact) mass is 295 g/mol. The van der Waals surface area contributed by atoms with E-state index in [-0.39, 0.29) is 17.3 Å². The highest BCUT2D eigenvalue weighted by Gasteiger charge is 2.17. The van der Waals surface area contributed by atoms with Crippen molar-refractivity contribution in [2.24, 2.45) is 22.7 Å². The van der Waals surface area contributed by atoms with Gasteiger partial charge in [0.25, 0.3) is 5.56 Å². The molecule has 0 radical (unpaired) electrons. The van der Waals surface area contributed by atoms with E-state index < -0.39 is 0 Å². The summed E-state index contributed by atoms with van der Waals surface area (Å²) in [5, 5.41) is 11.7. The Morgan fingerprint density at radius 2 is 2.19 bits per heavy atom. The predicted molar refractivity (Wildman–Crippen MR) is 83.8 cm³/mol. The fraction of sp³-hybridized carbons (Fsp3) is 0.643. The molecule has 1 atom stereocenters. The molecule has 1 heterocycles. The third kappa shape index (κ3) is 4.47. The molecule has 0 fully saturated rings. The average Bonchev–Trinajstić information content (AvgIpc) is 2.45. The Bertz CT molecular complexity index is 538. The maximum Gasteiger partial charge on any atom is 0.293 e. The van der Waals surface area contributed by atoms with Crippen LogP contribution in [0.4, 0.5) is 5.82 Å². The highest BCUT2D eigenvalue weighted by molar-refractivity contribution is 5.82. The van der Waals surface area contributed by atoms with Gasteiger partial charge in [-0.1, -0.05) is 25.9 Å². The Hall–Kier alpha value is -2.05. The van der Waals surface area contributed by atoms with Crippen molar-refractivity contribution in [1.29, 1.82) is 0 Å². The van der Waals surface area contributed by atoms with Crippen molar-refractivity contribution in [1.82, 2.24) is 9.55 Å². The standard InChI is InChI=1S/C14H25N5O2/c1-5-18(9-11(4)12(15)17-21)13-14(20)19(7-6-16-13)8-10(2)3/h6-7,10-11,21H,5,8-9H2,1-4H3,(H2,15,17). The van der Waals surface area contributed by atoms with Gasteiger partial charge in [0.2, 0.25) is 0 Å². The van der Waals surface area contributed by atoms with E-state index in [4.69, 9.17) is 10.9 Å². The van der Waals surface area contributed by atoms with Gasteiger partial charge in [0.1, 0.15) is 5.84 Å². The van der Waals surface area contributed by atoms with Gasteiger partial charge in [-0.3, -0.25) is 4.79 Å². The molecule has 3 N–H and O–H groups in total. The molecule has 7 heteroatoms. The second-order valence-electron chi connectivity index (χ2n) is 5.57. The van der Waals surface area contributed by atoms with Crippen molar-refractivity contribution >= 4 is 11.7 Å². The lowest BCUT2D eigenvalue weighted by atomic mass is 10.1. The number of anilines is 1. The van der Waals surface area contributed by atoms with Crippen molar-refractivity contribution in [3.63, 3.8) is 0 Å². The summed E-state index contributed by atoms with van der Waals surface area (Å²) < 4.78 is 1.67. The molecule has 0 aliphatic carbocycles. The smallest absolute Gasteiger partial charge is 0.293 e. The third-order valence-electron chi connectivity index (χ3n) is 3.25. The normalized spacial score (nSPS) is 13.5. The van der Waals surface area contributed by atoms with Gasteiger partial charge in [-0.25, -0.2) is 4.98 Å². The number of aromatic nitrogens is 2. The van der Waals surface area contributed by atoms with Crippen LogP contribution in [-0.2, 0) is 6.54 Å². The molecule has 1 unspecified atom stereocenters. The van der Waals surface area contributed by atoms with Crippen LogP contribution >= 0.6 is 0 Å². The quantitative estimate of drug-likeness (QED) is 0.340. The summed E-state index contributed by atoms with van der Waals surface area (Å²) >= 11 is 0. The predicted octanol–water partition coefficient (Wildman–Crippen LogP) is 1.11. The third-order valence-corrected chi connectivity index (χ3v) is 3.25. The number of nitrogens with zero attached hydrogens (tertiary/aromatic N) is 4. The second kappa shape index (κ2) is 7.66. The summed E-state index contributed by atoms with van der Waals surface area (Å²) in [6, 6.07) is 0. The van der Waals surface area contributed by atoms with Crippen molar-refractivity contribution in [2.75, 3.05) is 18.0 Å². The van der Waals surface area contributed by atoms with Crippen LogP contribution in [0.1, 0.15) is 27.7 Å². The van der Waals surface area contributed by atoms with E-state index in [1.54, 1.807) is 17.0 Å². The molecule has 0 saturated carbocycles. The lowest BCUT2D eigenvalue weighted by Gasteiger charge is -2.25. The van der Waals surface area contributed by atoms with Gasteiger partial charge < -0.3 is 20.4 Å². The first kappa shape index (κ1) is 17.0.